The van der Waals surface area contributed by atoms with Crippen LogP contribution in [0, 0.1) is 3.57 Å². The minimum Gasteiger partial charge on any atom is -0.341 e. The number of rotatable bonds is 4. The quantitative estimate of drug-likeness (QED) is 0.780. The number of carbonyl (C=O) groups excluding carboxylic acids is 1. The highest BCUT2D eigenvalue weighted by molar-refractivity contribution is 14.1. The van der Waals surface area contributed by atoms with Crippen molar-refractivity contribution >= 4 is 28.5 Å². The summed E-state index contributed by atoms with van der Waals surface area (Å²) in [5.41, 5.74) is 1.74. The molecule has 0 atom stereocenters. The number of pyridine rings is 1. The van der Waals surface area contributed by atoms with Crippen LogP contribution >= 0.6 is 22.6 Å². The molecule has 1 aromatic heterocycles. The minimum absolute atomic E-state index is 0.0504. The van der Waals surface area contributed by atoms with E-state index in [1.807, 2.05) is 49.5 Å². The summed E-state index contributed by atoms with van der Waals surface area (Å²) in [5.74, 6) is 0.0504. The minimum atomic E-state index is 0.0504. The fourth-order valence-corrected chi connectivity index (χ4v) is 2.31. The molecule has 0 N–H and O–H groups in total. The van der Waals surface area contributed by atoms with Gasteiger partial charge in [0.1, 0.15) is 0 Å². The summed E-state index contributed by atoms with van der Waals surface area (Å²) in [6.45, 7) is 0.668. The second kappa shape index (κ2) is 6.65. The first-order chi connectivity index (χ1) is 9.16. The standard InChI is InChI=1S/C15H15IN2O/c1-18(10-8-14-7-2-3-9-17-14)15(19)12-5-4-6-13(16)11-12/h2-7,9,11H,8,10H2,1H3. The fraction of sp³-hybridized carbons (Fsp3) is 0.200. The Balaban J connectivity index is 1.96. The normalized spacial score (nSPS) is 10.2. The van der Waals surface area contributed by atoms with Crippen LogP contribution < -0.4 is 0 Å². The Kier molecular flexibility index (Phi) is 4.90. The van der Waals surface area contributed by atoms with Gasteiger partial charge >= 0.3 is 0 Å². The van der Waals surface area contributed by atoms with Crippen LogP contribution in [0.15, 0.2) is 48.7 Å². The molecule has 0 saturated carbocycles. The zero-order chi connectivity index (χ0) is 13.7. The molecule has 3 nitrogen and oxygen atoms in total. The van der Waals surface area contributed by atoms with Crippen molar-refractivity contribution in [2.45, 2.75) is 6.42 Å². The molecule has 1 amide bonds. The molecular formula is C15H15IN2O. The van der Waals surface area contributed by atoms with E-state index in [4.69, 9.17) is 0 Å². The highest BCUT2D eigenvalue weighted by atomic mass is 127. The maximum atomic E-state index is 12.2. The zero-order valence-electron chi connectivity index (χ0n) is 10.7. The molecule has 0 fully saturated rings. The van der Waals surface area contributed by atoms with E-state index in [0.29, 0.717) is 6.54 Å². The highest BCUT2D eigenvalue weighted by Gasteiger charge is 2.11. The summed E-state index contributed by atoms with van der Waals surface area (Å²) in [6, 6.07) is 13.5. The molecule has 2 aromatic rings. The molecule has 0 aliphatic heterocycles. The van der Waals surface area contributed by atoms with Crippen molar-refractivity contribution in [1.82, 2.24) is 9.88 Å². The molecule has 0 unspecified atom stereocenters. The summed E-state index contributed by atoms with van der Waals surface area (Å²) >= 11 is 2.21. The van der Waals surface area contributed by atoms with Gasteiger partial charge in [-0.1, -0.05) is 12.1 Å². The van der Waals surface area contributed by atoms with Gasteiger partial charge < -0.3 is 4.90 Å². The van der Waals surface area contributed by atoms with Crippen molar-refractivity contribution in [2.24, 2.45) is 0 Å². The molecule has 19 heavy (non-hydrogen) atoms. The molecule has 4 heteroatoms. The van der Waals surface area contributed by atoms with E-state index in [-0.39, 0.29) is 5.91 Å². The molecule has 0 aliphatic rings. The van der Waals surface area contributed by atoms with Crippen LogP contribution in [0.5, 0.6) is 0 Å². The van der Waals surface area contributed by atoms with Crippen molar-refractivity contribution in [3.63, 3.8) is 0 Å². The molecule has 0 spiro atoms. The average molecular weight is 366 g/mol. The van der Waals surface area contributed by atoms with Gasteiger partial charge in [-0.3, -0.25) is 9.78 Å². The molecule has 1 aromatic carbocycles. The lowest BCUT2D eigenvalue weighted by molar-refractivity contribution is 0.0796. The molecule has 0 bridgehead atoms. The Bertz CT molecular complexity index is 557. The van der Waals surface area contributed by atoms with Crippen LogP contribution in [0.25, 0.3) is 0 Å². The second-order valence-electron chi connectivity index (χ2n) is 4.31. The van der Waals surface area contributed by atoms with Crippen LogP contribution in [0.4, 0.5) is 0 Å². The molecule has 0 radical (unpaired) electrons. The van der Waals surface area contributed by atoms with Crippen LogP contribution in [-0.2, 0) is 6.42 Å². The number of benzene rings is 1. The summed E-state index contributed by atoms with van der Waals surface area (Å²) in [4.78, 5) is 18.2. The lowest BCUT2D eigenvalue weighted by Crippen LogP contribution is -2.29. The SMILES string of the molecule is CN(CCc1ccccn1)C(=O)c1cccc(I)c1. The summed E-state index contributed by atoms with van der Waals surface area (Å²) in [5, 5.41) is 0. The predicted molar refractivity (Wildman–Crippen MR) is 84.1 cm³/mol. The van der Waals surface area contributed by atoms with E-state index in [9.17, 15) is 4.79 Å². The number of hydrogen-bond donors (Lipinski definition) is 0. The Labute approximate surface area is 126 Å². The number of nitrogens with zero attached hydrogens (tertiary/aromatic N) is 2. The number of aromatic nitrogens is 1. The van der Waals surface area contributed by atoms with Crippen molar-refractivity contribution in [1.29, 1.82) is 0 Å². The molecule has 1 heterocycles. The Morgan fingerprint density at radius 3 is 2.79 bits per heavy atom. The molecule has 0 saturated heterocycles. The van der Waals surface area contributed by atoms with Crippen molar-refractivity contribution < 1.29 is 4.79 Å². The van der Waals surface area contributed by atoms with Gasteiger partial charge in [0.25, 0.3) is 5.91 Å². The van der Waals surface area contributed by atoms with Crippen molar-refractivity contribution in [3.05, 3.63) is 63.5 Å². The highest BCUT2D eigenvalue weighted by Crippen LogP contribution is 2.10. The number of carbonyl (C=O) groups is 1. The number of amides is 1. The van der Waals surface area contributed by atoms with Crippen LogP contribution in [0.3, 0.4) is 0 Å². The van der Waals surface area contributed by atoms with Gasteiger partial charge in [0.05, 0.1) is 0 Å². The first-order valence-corrected chi connectivity index (χ1v) is 7.15. The maximum absolute atomic E-state index is 12.2. The van der Waals surface area contributed by atoms with Gasteiger partial charge in [0.2, 0.25) is 0 Å². The van der Waals surface area contributed by atoms with Gasteiger partial charge in [0.15, 0.2) is 0 Å². The third-order valence-electron chi connectivity index (χ3n) is 2.85. The third kappa shape index (κ3) is 4.02. The van der Waals surface area contributed by atoms with Gasteiger partial charge in [-0.05, 0) is 52.9 Å². The Morgan fingerprint density at radius 2 is 2.11 bits per heavy atom. The molecule has 0 aliphatic carbocycles. The second-order valence-corrected chi connectivity index (χ2v) is 5.55. The number of halogens is 1. The summed E-state index contributed by atoms with van der Waals surface area (Å²) in [7, 11) is 1.82. The lowest BCUT2D eigenvalue weighted by Gasteiger charge is -2.17. The Morgan fingerprint density at radius 1 is 1.26 bits per heavy atom. The van der Waals surface area contributed by atoms with Gasteiger partial charge in [-0.2, -0.15) is 0 Å². The van der Waals surface area contributed by atoms with Gasteiger partial charge in [-0.25, -0.2) is 0 Å². The van der Waals surface area contributed by atoms with Crippen LogP contribution in [0.1, 0.15) is 16.1 Å². The Hall–Kier alpha value is -1.43. The van der Waals surface area contributed by atoms with Crippen LogP contribution in [-0.4, -0.2) is 29.4 Å². The third-order valence-corrected chi connectivity index (χ3v) is 3.52. The summed E-state index contributed by atoms with van der Waals surface area (Å²) in [6.07, 6.45) is 2.55. The van der Waals surface area contributed by atoms with E-state index < -0.39 is 0 Å². The molecule has 2 rings (SSSR count). The maximum Gasteiger partial charge on any atom is 0.253 e. The van der Waals surface area contributed by atoms with Crippen molar-refractivity contribution in [3.8, 4) is 0 Å². The van der Waals surface area contributed by atoms with Gasteiger partial charge in [-0.15, -0.1) is 0 Å². The van der Waals surface area contributed by atoms with E-state index in [0.717, 1.165) is 21.2 Å². The first kappa shape index (κ1) is 14.0. The van der Waals surface area contributed by atoms with E-state index in [1.165, 1.54) is 0 Å². The zero-order valence-corrected chi connectivity index (χ0v) is 12.9. The fourth-order valence-electron chi connectivity index (χ4n) is 1.77. The van der Waals surface area contributed by atoms with Gasteiger partial charge in [0, 0.05) is 41.0 Å². The average Bonchev–Trinajstić information content (AvgIpc) is 2.45. The van der Waals surface area contributed by atoms with E-state index in [1.54, 1.807) is 11.1 Å². The monoisotopic (exact) mass is 366 g/mol. The van der Waals surface area contributed by atoms with E-state index in [2.05, 4.69) is 27.6 Å². The smallest absolute Gasteiger partial charge is 0.253 e. The summed E-state index contributed by atoms with van der Waals surface area (Å²) < 4.78 is 1.07. The molecular weight excluding hydrogens is 351 g/mol. The lowest BCUT2D eigenvalue weighted by atomic mass is 10.2. The largest absolute Gasteiger partial charge is 0.341 e. The predicted octanol–water partition coefficient (Wildman–Crippen LogP) is 3.00. The number of hydrogen-bond acceptors (Lipinski definition) is 2. The molecule has 98 valence electrons. The van der Waals surface area contributed by atoms with Crippen molar-refractivity contribution in [2.75, 3.05) is 13.6 Å². The topological polar surface area (TPSA) is 33.2 Å². The van der Waals surface area contributed by atoms with E-state index >= 15 is 0 Å². The number of likely N-dealkylation sites (N-methyl/N-ethyl adjacent to an activating group) is 1. The van der Waals surface area contributed by atoms with Crippen LogP contribution in [0.2, 0.25) is 0 Å². The first-order valence-electron chi connectivity index (χ1n) is 6.08.